The van der Waals surface area contributed by atoms with Gasteiger partial charge in [0.25, 0.3) is 0 Å². The van der Waals surface area contributed by atoms with Crippen LogP contribution in [0.15, 0.2) is 18.2 Å². The first-order chi connectivity index (χ1) is 8.69. The molecule has 0 aliphatic heterocycles. The van der Waals surface area contributed by atoms with Crippen molar-refractivity contribution < 1.29 is 4.74 Å². The SMILES string of the molecule is CCCNC(COCCC)c1ccc(Cl)c(Cl)c1. The Kier molecular flexibility index (Phi) is 7.68. The molecule has 0 aliphatic carbocycles. The van der Waals surface area contributed by atoms with E-state index in [-0.39, 0.29) is 6.04 Å². The smallest absolute Gasteiger partial charge is 0.0661 e. The zero-order valence-electron chi connectivity index (χ0n) is 11.0. The lowest BCUT2D eigenvalue weighted by Gasteiger charge is -2.19. The first kappa shape index (κ1) is 15.8. The van der Waals surface area contributed by atoms with Crippen LogP contribution in [0, 0.1) is 0 Å². The molecule has 102 valence electrons. The number of rotatable bonds is 8. The fourth-order valence-electron chi connectivity index (χ4n) is 1.67. The molecule has 0 saturated carbocycles. The second-order valence-electron chi connectivity index (χ2n) is 4.26. The molecule has 4 heteroatoms. The molecule has 0 bridgehead atoms. The van der Waals surface area contributed by atoms with Crippen LogP contribution >= 0.6 is 23.2 Å². The largest absolute Gasteiger partial charge is 0.379 e. The molecule has 0 aliphatic rings. The van der Waals surface area contributed by atoms with Gasteiger partial charge in [0, 0.05) is 6.61 Å². The lowest BCUT2D eigenvalue weighted by Crippen LogP contribution is -2.26. The van der Waals surface area contributed by atoms with E-state index >= 15 is 0 Å². The van der Waals surface area contributed by atoms with Gasteiger partial charge in [0.15, 0.2) is 0 Å². The van der Waals surface area contributed by atoms with Gasteiger partial charge in [0.05, 0.1) is 22.7 Å². The fraction of sp³-hybridized carbons (Fsp3) is 0.571. The Hall–Kier alpha value is -0.280. The molecule has 1 aromatic carbocycles. The molecule has 0 spiro atoms. The van der Waals surface area contributed by atoms with Crippen LogP contribution in [-0.4, -0.2) is 19.8 Å². The predicted molar refractivity (Wildman–Crippen MR) is 78.6 cm³/mol. The Bertz CT molecular complexity index is 358. The number of halogens is 2. The van der Waals surface area contributed by atoms with Crippen LogP contribution in [0.5, 0.6) is 0 Å². The molecule has 1 unspecified atom stereocenters. The van der Waals surface area contributed by atoms with Crippen LogP contribution in [-0.2, 0) is 4.74 Å². The molecule has 1 N–H and O–H groups in total. The number of hydrogen-bond acceptors (Lipinski definition) is 2. The van der Waals surface area contributed by atoms with E-state index in [1.807, 2.05) is 18.2 Å². The van der Waals surface area contributed by atoms with Crippen LogP contribution in [0.4, 0.5) is 0 Å². The van der Waals surface area contributed by atoms with E-state index in [1.54, 1.807) is 0 Å². The Morgan fingerprint density at radius 3 is 2.56 bits per heavy atom. The number of ether oxygens (including phenoxy) is 1. The summed E-state index contributed by atoms with van der Waals surface area (Å²) in [6, 6.07) is 5.91. The fourth-order valence-corrected chi connectivity index (χ4v) is 1.97. The summed E-state index contributed by atoms with van der Waals surface area (Å²) in [5, 5.41) is 4.64. The quantitative estimate of drug-likeness (QED) is 0.714. The van der Waals surface area contributed by atoms with E-state index in [1.165, 1.54) is 0 Å². The van der Waals surface area contributed by atoms with Crippen molar-refractivity contribution in [1.29, 1.82) is 0 Å². The van der Waals surface area contributed by atoms with Gasteiger partial charge in [0.1, 0.15) is 0 Å². The number of hydrogen-bond donors (Lipinski definition) is 1. The standard InChI is InChI=1S/C14H21Cl2NO/c1-3-7-17-14(10-18-8-4-2)11-5-6-12(15)13(16)9-11/h5-6,9,14,17H,3-4,7-8,10H2,1-2H3. The zero-order valence-corrected chi connectivity index (χ0v) is 12.5. The lowest BCUT2D eigenvalue weighted by atomic mass is 10.1. The highest BCUT2D eigenvalue weighted by Crippen LogP contribution is 2.25. The minimum absolute atomic E-state index is 0.172. The van der Waals surface area contributed by atoms with Gasteiger partial charge in [0.2, 0.25) is 0 Å². The Morgan fingerprint density at radius 1 is 1.17 bits per heavy atom. The Morgan fingerprint density at radius 2 is 1.94 bits per heavy atom. The summed E-state index contributed by atoms with van der Waals surface area (Å²) < 4.78 is 5.63. The summed E-state index contributed by atoms with van der Waals surface area (Å²) in [6.45, 7) is 6.65. The van der Waals surface area contributed by atoms with Crippen molar-refractivity contribution in [2.24, 2.45) is 0 Å². The first-order valence-corrected chi connectivity index (χ1v) is 7.20. The molecular weight excluding hydrogens is 269 g/mol. The molecule has 18 heavy (non-hydrogen) atoms. The second-order valence-corrected chi connectivity index (χ2v) is 5.07. The van der Waals surface area contributed by atoms with Crippen molar-refractivity contribution in [2.75, 3.05) is 19.8 Å². The third kappa shape index (κ3) is 5.15. The zero-order chi connectivity index (χ0) is 13.4. The van der Waals surface area contributed by atoms with Gasteiger partial charge in [-0.25, -0.2) is 0 Å². The summed E-state index contributed by atoms with van der Waals surface area (Å²) in [6.07, 6.45) is 2.12. The highest BCUT2D eigenvalue weighted by Gasteiger charge is 2.12. The monoisotopic (exact) mass is 289 g/mol. The second kappa shape index (κ2) is 8.76. The van der Waals surface area contributed by atoms with Crippen LogP contribution in [0.1, 0.15) is 38.3 Å². The van der Waals surface area contributed by atoms with Gasteiger partial charge in [-0.1, -0.05) is 43.1 Å². The third-order valence-electron chi connectivity index (χ3n) is 2.62. The summed E-state index contributed by atoms with van der Waals surface area (Å²) in [5.74, 6) is 0. The lowest BCUT2D eigenvalue weighted by molar-refractivity contribution is 0.112. The van der Waals surface area contributed by atoms with Gasteiger partial charge in [-0.15, -0.1) is 0 Å². The van der Waals surface area contributed by atoms with E-state index in [4.69, 9.17) is 27.9 Å². The molecule has 1 atom stereocenters. The van der Waals surface area contributed by atoms with Gasteiger partial charge in [-0.05, 0) is 37.1 Å². The summed E-state index contributed by atoms with van der Waals surface area (Å²) in [7, 11) is 0. The minimum atomic E-state index is 0.172. The summed E-state index contributed by atoms with van der Waals surface area (Å²) >= 11 is 12.0. The van der Waals surface area contributed by atoms with Crippen molar-refractivity contribution in [3.8, 4) is 0 Å². The van der Waals surface area contributed by atoms with Crippen molar-refractivity contribution >= 4 is 23.2 Å². The maximum Gasteiger partial charge on any atom is 0.0661 e. The molecule has 0 radical (unpaired) electrons. The van der Waals surface area contributed by atoms with E-state index in [0.717, 1.165) is 31.6 Å². The number of benzene rings is 1. The maximum atomic E-state index is 6.05. The predicted octanol–water partition coefficient (Wildman–Crippen LogP) is 4.46. The normalized spacial score (nSPS) is 12.7. The van der Waals surface area contributed by atoms with Crippen LogP contribution in [0.3, 0.4) is 0 Å². The molecule has 1 rings (SSSR count). The van der Waals surface area contributed by atoms with Crippen LogP contribution in [0.2, 0.25) is 10.0 Å². The van der Waals surface area contributed by atoms with Gasteiger partial charge in [-0.3, -0.25) is 0 Å². The van der Waals surface area contributed by atoms with Crippen molar-refractivity contribution in [3.05, 3.63) is 33.8 Å². The molecule has 0 aromatic heterocycles. The molecule has 0 saturated heterocycles. The molecule has 0 fully saturated rings. The molecular formula is C14H21Cl2NO. The summed E-state index contributed by atoms with van der Waals surface area (Å²) in [4.78, 5) is 0. The van der Waals surface area contributed by atoms with Crippen LogP contribution in [0.25, 0.3) is 0 Å². The molecule has 1 aromatic rings. The van der Waals surface area contributed by atoms with Crippen molar-refractivity contribution in [1.82, 2.24) is 5.32 Å². The molecule has 0 heterocycles. The highest BCUT2D eigenvalue weighted by molar-refractivity contribution is 6.42. The Labute approximate surface area is 120 Å². The van der Waals surface area contributed by atoms with Gasteiger partial charge < -0.3 is 10.1 Å². The molecule has 0 amide bonds. The average molecular weight is 290 g/mol. The number of nitrogens with one attached hydrogen (secondary N) is 1. The van der Waals surface area contributed by atoms with Crippen molar-refractivity contribution in [3.63, 3.8) is 0 Å². The topological polar surface area (TPSA) is 21.3 Å². The third-order valence-corrected chi connectivity index (χ3v) is 3.36. The van der Waals surface area contributed by atoms with E-state index in [9.17, 15) is 0 Å². The van der Waals surface area contributed by atoms with E-state index < -0.39 is 0 Å². The highest BCUT2D eigenvalue weighted by atomic mass is 35.5. The average Bonchev–Trinajstić information content (AvgIpc) is 2.37. The summed E-state index contributed by atoms with van der Waals surface area (Å²) in [5.41, 5.74) is 1.12. The van der Waals surface area contributed by atoms with E-state index in [2.05, 4.69) is 19.2 Å². The van der Waals surface area contributed by atoms with Gasteiger partial charge in [-0.2, -0.15) is 0 Å². The van der Waals surface area contributed by atoms with Crippen LogP contribution < -0.4 is 5.32 Å². The Balaban J connectivity index is 2.70. The minimum Gasteiger partial charge on any atom is -0.379 e. The van der Waals surface area contributed by atoms with Gasteiger partial charge >= 0.3 is 0 Å². The maximum absolute atomic E-state index is 6.05. The molecule has 2 nitrogen and oxygen atoms in total. The first-order valence-electron chi connectivity index (χ1n) is 6.45. The van der Waals surface area contributed by atoms with E-state index in [0.29, 0.717) is 16.7 Å². The van der Waals surface area contributed by atoms with Crippen molar-refractivity contribution in [2.45, 2.75) is 32.7 Å².